The molecule has 0 aromatic carbocycles. The molecule has 0 amide bonds. The van der Waals surface area contributed by atoms with Gasteiger partial charge in [0, 0.05) is 19.6 Å². The van der Waals surface area contributed by atoms with Gasteiger partial charge in [0.2, 0.25) is 0 Å². The van der Waals surface area contributed by atoms with E-state index in [2.05, 4.69) is 43.8 Å². The predicted molar refractivity (Wildman–Crippen MR) is 86.7 cm³/mol. The summed E-state index contributed by atoms with van der Waals surface area (Å²) in [6.07, 6.45) is 5.03. The van der Waals surface area contributed by atoms with Crippen molar-refractivity contribution in [2.45, 2.75) is 45.9 Å². The van der Waals surface area contributed by atoms with E-state index >= 15 is 0 Å². The molecule has 0 aliphatic carbocycles. The van der Waals surface area contributed by atoms with Crippen molar-refractivity contribution >= 4 is 11.8 Å². The molecule has 0 radical (unpaired) electrons. The van der Waals surface area contributed by atoms with Crippen LogP contribution in [0.3, 0.4) is 0 Å². The number of likely N-dealkylation sites (tertiary alicyclic amines) is 2. The molecule has 2 saturated heterocycles. The van der Waals surface area contributed by atoms with Gasteiger partial charge >= 0.3 is 0 Å². The van der Waals surface area contributed by atoms with Crippen LogP contribution in [0, 0.1) is 17.3 Å². The Morgan fingerprint density at radius 1 is 1.16 bits per heavy atom. The molecule has 19 heavy (non-hydrogen) atoms. The summed E-state index contributed by atoms with van der Waals surface area (Å²) in [6, 6.07) is 0. The largest absolute Gasteiger partial charge is 0.303 e. The zero-order valence-electron chi connectivity index (χ0n) is 13.5. The summed E-state index contributed by atoms with van der Waals surface area (Å²) in [7, 11) is 0. The summed E-state index contributed by atoms with van der Waals surface area (Å²) in [6.45, 7) is 16.2. The Morgan fingerprint density at radius 3 is 2.21 bits per heavy atom. The van der Waals surface area contributed by atoms with Crippen LogP contribution in [0.2, 0.25) is 0 Å². The van der Waals surface area contributed by atoms with Gasteiger partial charge in [-0.25, -0.2) is 0 Å². The van der Waals surface area contributed by atoms with Crippen LogP contribution >= 0.6 is 11.8 Å². The Balaban J connectivity index is 1.65. The van der Waals surface area contributed by atoms with E-state index in [0.717, 1.165) is 11.8 Å². The van der Waals surface area contributed by atoms with Gasteiger partial charge in [-0.15, -0.1) is 11.8 Å². The molecule has 0 N–H and O–H groups in total. The number of hydrogen-bond acceptors (Lipinski definition) is 3. The number of rotatable bonds is 4. The Kier molecular flexibility index (Phi) is 5.24. The monoisotopic (exact) mass is 284 g/mol. The fourth-order valence-electron chi connectivity index (χ4n) is 3.52. The van der Waals surface area contributed by atoms with Gasteiger partial charge in [-0.05, 0) is 56.4 Å². The molecule has 0 saturated carbocycles. The second-order valence-corrected chi connectivity index (χ2v) is 8.75. The molecule has 2 heterocycles. The van der Waals surface area contributed by atoms with E-state index in [9.17, 15) is 0 Å². The fraction of sp³-hybridized carbons (Fsp3) is 1.00. The van der Waals surface area contributed by atoms with Crippen LogP contribution in [0.1, 0.15) is 40.5 Å². The molecule has 0 aromatic heterocycles. The third-order valence-corrected chi connectivity index (χ3v) is 6.15. The highest BCUT2D eigenvalue weighted by atomic mass is 32.2. The first-order valence-corrected chi connectivity index (χ1v) is 9.18. The highest BCUT2D eigenvalue weighted by Crippen LogP contribution is 2.34. The summed E-state index contributed by atoms with van der Waals surface area (Å²) in [5.74, 6) is 1.86. The van der Waals surface area contributed by atoms with Gasteiger partial charge in [-0.3, -0.25) is 4.90 Å². The van der Waals surface area contributed by atoms with Crippen molar-refractivity contribution in [3.63, 3.8) is 0 Å². The molecule has 112 valence electrons. The maximum Gasteiger partial charge on any atom is 0.0526 e. The lowest BCUT2D eigenvalue weighted by Crippen LogP contribution is -2.54. The van der Waals surface area contributed by atoms with Gasteiger partial charge in [-0.1, -0.05) is 20.8 Å². The maximum absolute atomic E-state index is 2.72. The van der Waals surface area contributed by atoms with Crippen LogP contribution < -0.4 is 0 Å². The smallest absolute Gasteiger partial charge is 0.0526 e. The summed E-state index contributed by atoms with van der Waals surface area (Å²) in [4.78, 5) is 5.32. The van der Waals surface area contributed by atoms with Gasteiger partial charge in [0.1, 0.15) is 0 Å². The van der Waals surface area contributed by atoms with Crippen LogP contribution in [0.4, 0.5) is 0 Å². The van der Waals surface area contributed by atoms with E-state index in [1.165, 1.54) is 45.6 Å². The van der Waals surface area contributed by atoms with Crippen LogP contribution in [0.25, 0.3) is 0 Å². The van der Waals surface area contributed by atoms with E-state index < -0.39 is 0 Å². The molecule has 0 aromatic rings. The first-order chi connectivity index (χ1) is 8.90. The third kappa shape index (κ3) is 4.12. The standard InChI is InChI=1S/C16H32N2S/c1-13(19-5)18-11-14(12-18)10-17-8-6-15(7-9-17)16(2,3)4/h13-15H,6-12H2,1-5H3. The van der Waals surface area contributed by atoms with Gasteiger partial charge in [0.25, 0.3) is 0 Å². The highest BCUT2D eigenvalue weighted by molar-refractivity contribution is 7.99. The molecule has 0 bridgehead atoms. The summed E-state index contributed by atoms with van der Waals surface area (Å²) >= 11 is 1.97. The number of nitrogens with zero attached hydrogens (tertiary/aromatic N) is 2. The molecule has 0 spiro atoms. The van der Waals surface area contributed by atoms with E-state index in [1.807, 2.05) is 11.8 Å². The number of piperidine rings is 1. The third-order valence-electron chi connectivity index (χ3n) is 5.17. The first-order valence-electron chi connectivity index (χ1n) is 7.89. The average Bonchev–Trinajstić information content (AvgIpc) is 2.32. The average molecular weight is 285 g/mol. The van der Waals surface area contributed by atoms with Gasteiger partial charge in [0.05, 0.1) is 5.37 Å². The van der Waals surface area contributed by atoms with E-state index in [1.54, 1.807) is 0 Å². The van der Waals surface area contributed by atoms with Crippen LogP contribution in [-0.2, 0) is 0 Å². The summed E-state index contributed by atoms with van der Waals surface area (Å²) in [5.41, 5.74) is 0.507. The van der Waals surface area contributed by atoms with Crippen molar-refractivity contribution in [3.8, 4) is 0 Å². The van der Waals surface area contributed by atoms with Crippen molar-refractivity contribution in [2.24, 2.45) is 17.3 Å². The van der Waals surface area contributed by atoms with E-state index in [-0.39, 0.29) is 0 Å². The lowest BCUT2D eigenvalue weighted by molar-refractivity contribution is 0.0400. The van der Waals surface area contributed by atoms with Crippen molar-refractivity contribution in [2.75, 3.05) is 39.0 Å². The van der Waals surface area contributed by atoms with Crippen molar-refractivity contribution < 1.29 is 0 Å². The minimum atomic E-state index is 0.507. The quantitative estimate of drug-likeness (QED) is 0.781. The zero-order chi connectivity index (χ0) is 14.0. The SMILES string of the molecule is CSC(C)N1CC(CN2CCC(C(C)(C)C)CC2)C1. The van der Waals surface area contributed by atoms with Crippen molar-refractivity contribution in [1.29, 1.82) is 0 Å². The van der Waals surface area contributed by atoms with E-state index in [0.29, 0.717) is 10.8 Å². The maximum atomic E-state index is 2.72. The molecule has 1 unspecified atom stereocenters. The fourth-order valence-corrected chi connectivity index (χ4v) is 3.99. The van der Waals surface area contributed by atoms with Gasteiger partial charge in [-0.2, -0.15) is 0 Å². The second-order valence-electron chi connectivity index (χ2n) is 7.60. The Morgan fingerprint density at radius 2 is 1.74 bits per heavy atom. The highest BCUT2D eigenvalue weighted by Gasteiger charge is 2.33. The molecule has 3 heteroatoms. The molecule has 2 rings (SSSR count). The molecule has 2 fully saturated rings. The van der Waals surface area contributed by atoms with Crippen LogP contribution in [0.5, 0.6) is 0 Å². The van der Waals surface area contributed by atoms with Crippen LogP contribution in [0.15, 0.2) is 0 Å². The van der Waals surface area contributed by atoms with Gasteiger partial charge in [0.15, 0.2) is 0 Å². The van der Waals surface area contributed by atoms with Crippen molar-refractivity contribution in [1.82, 2.24) is 9.80 Å². The number of hydrogen-bond donors (Lipinski definition) is 0. The van der Waals surface area contributed by atoms with E-state index in [4.69, 9.17) is 0 Å². The molecular weight excluding hydrogens is 252 g/mol. The zero-order valence-corrected chi connectivity index (χ0v) is 14.3. The lowest BCUT2D eigenvalue weighted by atomic mass is 9.75. The molecule has 2 aliphatic heterocycles. The van der Waals surface area contributed by atoms with Gasteiger partial charge < -0.3 is 4.90 Å². The second kappa shape index (κ2) is 6.36. The minimum Gasteiger partial charge on any atom is -0.303 e. The first kappa shape index (κ1) is 15.7. The molecule has 1 atom stereocenters. The lowest BCUT2D eigenvalue weighted by Gasteiger charge is -2.46. The topological polar surface area (TPSA) is 6.48 Å². The Hall–Kier alpha value is 0.270. The molecule has 2 aliphatic rings. The van der Waals surface area contributed by atoms with Crippen LogP contribution in [-0.4, -0.2) is 54.2 Å². The minimum absolute atomic E-state index is 0.507. The summed E-state index contributed by atoms with van der Waals surface area (Å²) in [5, 5.41) is 0.711. The normalized spacial score (nSPS) is 26.4. The predicted octanol–water partition coefficient (Wildman–Crippen LogP) is 3.39. The molecular formula is C16H32N2S. The Labute approximate surface area is 124 Å². The molecule has 2 nitrogen and oxygen atoms in total. The number of thioether (sulfide) groups is 1. The summed E-state index contributed by atoms with van der Waals surface area (Å²) < 4.78 is 0. The van der Waals surface area contributed by atoms with Crippen molar-refractivity contribution in [3.05, 3.63) is 0 Å². The Bertz CT molecular complexity index is 273.